The number of allylic oxidation sites excluding steroid dienone is 2. The molecule has 1 atom stereocenters. The Bertz CT molecular complexity index is 1970. The second-order valence-corrected chi connectivity index (χ2v) is 15.1. The molecule has 4 N–H and O–H groups in total. The lowest BCUT2D eigenvalue weighted by Crippen LogP contribution is -2.34. The number of amides is 1. The highest BCUT2D eigenvalue weighted by atomic mass is 32.1. The number of nitrogens with one attached hydrogen (secondary N) is 4. The summed E-state index contributed by atoms with van der Waals surface area (Å²) in [6.45, 7) is 17.5. The van der Waals surface area contributed by atoms with Crippen molar-refractivity contribution in [2.24, 2.45) is 10.9 Å². The number of carbonyl (C=O) groups excluding carboxylic acids is 1. The molecule has 1 amide bonds. The van der Waals surface area contributed by atoms with Gasteiger partial charge in [-0.25, -0.2) is 0 Å². The number of rotatable bonds is 3. The molecule has 0 radical (unpaired) electrons. The largest absolute Gasteiger partial charge is 0.361 e. The Morgan fingerprint density at radius 2 is 1.24 bits per heavy atom. The molecule has 1 unspecified atom stereocenters. The van der Waals surface area contributed by atoms with E-state index in [2.05, 4.69) is 122 Å². The van der Waals surface area contributed by atoms with Crippen LogP contribution < -0.4 is 10.2 Å². The molecule has 0 saturated carbocycles. The molecule has 3 aromatic heterocycles. The minimum absolute atomic E-state index is 0.0192. The number of hydrogen-bond donors (Lipinski definition) is 4. The highest BCUT2D eigenvalue weighted by molar-refractivity contribution is 7.80. The van der Waals surface area contributed by atoms with Gasteiger partial charge in [-0.15, -0.1) is 0 Å². The summed E-state index contributed by atoms with van der Waals surface area (Å²) in [6, 6.07) is 20.9. The zero-order valence-electron chi connectivity index (χ0n) is 27.8. The molecule has 0 aliphatic carbocycles. The van der Waals surface area contributed by atoms with E-state index in [1.807, 2.05) is 26.0 Å². The summed E-state index contributed by atoms with van der Waals surface area (Å²) in [4.78, 5) is 31.4. The molecule has 4 aromatic rings. The first-order valence-corrected chi connectivity index (χ1v) is 16.5. The minimum Gasteiger partial charge on any atom is -0.361 e. The van der Waals surface area contributed by atoms with Gasteiger partial charge in [-0.05, 0) is 126 Å². The van der Waals surface area contributed by atoms with E-state index in [1.54, 1.807) is 4.90 Å². The van der Waals surface area contributed by atoms with E-state index in [4.69, 9.17) is 17.2 Å². The van der Waals surface area contributed by atoms with E-state index in [9.17, 15) is 4.79 Å². The van der Waals surface area contributed by atoms with Crippen molar-refractivity contribution in [2.45, 2.75) is 77.7 Å². The number of thiocarbonyl (C=S) groups is 1. The predicted octanol–water partition coefficient (Wildman–Crippen LogP) is 7.63. The number of carbonyl (C=O) groups is 1. The van der Waals surface area contributed by atoms with Crippen LogP contribution in [0.1, 0.15) is 95.1 Å². The average Bonchev–Trinajstić information content (AvgIpc) is 3.83. The number of H-pyrrole nitrogens is 3. The molecule has 8 bridgehead atoms. The summed E-state index contributed by atoms with van der Waals surface area (Å²) in [5.74, 6) is 0.118. The molecule has 236 valence electrons. The topological polar surface area (TPSA) is 92.1 Å². The van der Waals surface area contributed by atoms with Crippen LogP contribution in [0.3, 0.4) is 0 Å². The van der Waals surface area contributed by atoms with Crippen molar-refractivity contribution in [1.82, 2.24) is 20.3 Å². The highest BCUT2D eigenvalue weighted by Crippen LogP contribution is 2.40. The third-order valence-corrected chi connectivity index (χ3v) is 10.6. The molecule has 6 heterocycles. The third kappa shape index (κ3) is 4.56. The number of hydrogen-bond acceptors (Lipinski definition) is 3. The van der Waals surface area contributed by atoms with E-state index in [0.717, 1.165) is 62.4 Å². The smallest absolute Gasteiger partial charge is 0.256 e. The maximum atomic E-state index is 13.2. The van der Waals surface area contributed by atoms with E-state index < -0.39 is 0 Å². The number of anilines is 1. The van der Waals surface area contributed by atoms with Crippen LogP contribution in [-0.2, 0) is 21.0 Å². The van der Waals surface area contributed by atoms with E-state index in [1.165, 1.54) is 0 Å². The number of aliphatic imine (C=N–C) groups is 1. The summed E-state index contributed by atoms with van der Waals surface area (Å²) >= 11 is 5.57. The fourth-order valence-electron chi connectivity index (χ4n) is 6.84. The number of fused-ring (bicyclic) bond motifs is 7. The highest BCUT2D eigenvalue weighted by Gasteiger charge is 2.39. The lowest BCUT2D eigenvalue weighted by Gasteiger charge is -2.27. The van der Waals surface area contributed by atoms with Crippen LogP contribution >= 0.6 is 12.2 Å². The molecule has 46 heavy (non-hydrogen) atoms. The van der Waals surface area contributed by atoms with Crippen LogP contribution in [0.25, 0.3) is 5.57 Å². The molecular weight excluding hydrogens is 589 g/mol. The van der Waals surface area contributed by atoms with Crippen molar-refractivity contribution in [3.05, 3.63) is 118 Å². The summed E-state index contributed by atoms with van der Waals surface area (Å²) < 4.78 is 0. The first-order chi connectivity index (χ1) is 21.7. The maximum absolute atomic E-state index is 13.2. The van der Waals surface area contributed by atoms with Crippen molar-refractivity contribution < 1.29 is 4.79 Å². The summed E-state index contributed by atoms with van der Waals surface area (Å²) in [6.07, 6.45) is 4.25. The van der Waals surface area contributed by atoms with Crippen molar-refractivity contribution >= 4 is 40.2 Å². The first-order valence-electron chi connectivity index (χ1n) is 16.1. The van der Waals surface area contributed by atoms with Gasteiger partial charge in [-0.2, -0.15) is 0 Å². The Kier molecular flexibility index (Phi) is 6.76. The van der Waals surface area contributed by atoms with E-state index in [0.29, 0.717) is 5.11 Å². The average molecular weight is 631 g/mol. The molecule has 7 nitrogen and oxygen atoms in total. The van der Waals surface area contributed by atoms with Crippen molar-refractivity contribution in [2.75, 3.05) is 4.90 Å². The van der Waals surface area contributed by atoms with Crippen LogP contribution in [0.5, 0.6) is 0 Å². The van der Waals surface area contributed by atoms with Gasteiger partial charge in [0.2, 0.25) is 0 Å². The SMILES string of the molecule is CC(C)C1NC(=S)N(c2ccc(/C3=C4\C=CC(=N4)C(C)(C)c4ccc([nH]4)C(C)(C)c4ccc([nH]4)C(C)(C)c4ccc3[nH]4)cc2)C1=O. The Labute approximate surface area is 276 Å². The van der Waals surface area contributed by atoms with Gasteiger partial charge in [0, 0.05) is 56.0 Å². The first kappa shape index (κ1) is 30.2. The lowest BCUT2D eigenvalue weighted by atomic mass is 9.84. The minimum atomic E-state index is -0.353. The van der Waals surface area contributed by atoms with Gasteiger partial charge >= 0.3 is 0 Å². The summed E-state index contributed by atoms with van der Waals surface area (Å²) in [5.41, 5.74) is 10.4. The zero-order chi connectivity index (χ0) is 32.8. The normalized spacial score (nSPS) is 22.8. The molecule has 1 fully saturated rings. The number of aromatic amines is 3. The zero-order valence-corrected chi connectivity index (χ0v) is 28.6. The van der Waals surface area contributed by atoms with Gasteiger partial charge in [-0.3, -0.25) is 14.7 Å². The molecule has 0 spiro atoms. The second-order valence-electron chi connectivity index (χ2n) is 14.7. The molecule has 3 aliphatic rings. The van der Waals surface area contributed by atoms with Gasteiger partial charge in [0.1, 0.15) is 6.04 Å². The quantitative estimate of drug-likeness (QED) is 0.176. The molecule has 7 rings (SSSR count). The number of benzene rings is 1. The summed E-state index contributed by atoms with van der Waals surface area (Å²) in [5, 5.41) is 3.63. The predicted molar refractivity (Wildman–Crippen MR) is 191 cm³/mol. The number of aromatic nitrogens is 3. The molecular formula is C38H42N6OS. The van der Waals surface area contributed by atoms with Crippen molar-refractivity contribution in [3.8, 4) is 0 Å². The molecule has 3 aliphatic heterocycles. The van der Waals surface area contributed by atoms with Crippen LogP contribution in [-0.4, -0.2) is 37.7 Å². The van der Waals surface area contributed by atoms with Gasteiger partial charge in [0.05, 0.1) is 17.1 Å². The number of nitrogens with zero attached hydrogens (tertiary/aromatic N) is 2. The third-order valence-electron chi connectivity index (χ3n) is 10.3. The Morgan fingerprint density at radius 1 is 0.717 bits per heavy atom. The fourth-order valence-corrected chi connectivity index (χ4v) is 7.17. The molecule has 1 aromatic carbocycles. The van der Waals surface area contributed by atoms with Crippen molar-refractivity contribution in [3.63, 3.8) is 0 Å². The molecule has 1 saturated heterocycles. The standard InChI is InChI=1S/C38H42N6OS/c1-21(2)33-34(45)44(35(46)43-33)23-11-9-22(10-12-23)32-24-13-15-26(39-24)36(3,4)28-17-19-30(41-28)38(7,8)31-20-18-29(42-31)37(5,6)27-16-14-25(32)40-27/h9-21,33,39,41-42H,1-8H3,(H,43,46)/b32-25-. The van der Waals surface area contributed by atoms with Crippen LogP contribution in [0.4, 0.5) is 5.69 Å². The second kappa shape index (κ2) is 10.3. The van der Waals surface area contributed by atoms with E-state index >= 15 is 0 Å². The van der Waals surface area contributed by atoms with Gasteiger partial charge in [-0.1, -0.05) is 26.0 Å². The Hall–Kier alpha value is -4.43. The van der Waals surface area contributed by atoms with Crippen LogP contribution in [0.15, 0.2) is 83.5 Å². The van der Waals surface area contributed by atoms with Gasteiger partial charge in [0.25, 0.3) is 5.91 Å². The maximum Gasteiger partial charge on any atom is 0.256 e. The Morgan fingerprint density at radius 3 is 1.78 bits per heavy atom. The summed E-state index contributed by atoms with van der Waals surface area (Å²) in [7, 11) is 0. The van der Waals surface area contributed by atoms with E-state index in [-0.39, 0.29) is 34.1 Å². The monoisotopic (exact) mass is 630 g/mol. The van der Waals surface area contributed by atoms with Crippen LogP contribution in [0, 0.1) is 5.92 Å². The van der Waals surface area contributed by atoms with Gasteiger partial charge in [0.15, 0.2) is 5.11 Å². The lowest BCUT2D eigenvalue weighted by molar-refractivity contribution is -0.119. The Balaban J connectivity index is 1.38. The van der Waals surface area contributed by atoms with Crippen molar-refractivity contribution in [1.29, 1.82) is 0 Å². The molecule has 8 heteroatoms. The van der Waals surface area contributed by atoms with Gasteiger partial charge < -0.3 is 20.3 Å². The van der Waals surface area contributed by atoms with Crippen LogP contribution in [0.2, 0.25) is 0 Å². The fraction of sp³-hybridized carbons (Fsp3) is 0.342.